The second-order valence-electron chi connectivity index (χ2n) is 8.77. The van der Waals surface area contributed by atoms with E-state index >= 15 is 0 Å². The molecule has 6 atom stereocenters. The summed E-state index contributed by atoms with van der Waals surface area (Å²) in [6.07, 6.45) is -3.06. The number of hydrogen-bond acceptors (Lipinski definition) is 11. The Morgan fingerprint density at radius 2 is 1.85 bits per heavy atom. The Morgan fingerprint density at radius 3 is 2.41 bits per heavy atom. The number of nitrogens with two attached hydrogens (primary N) is 1. The third-order valence-corrected chi connectivity index (χ3v) is 8.97. The number of hydrogen-bond donors (Lipinski definition) is 5. The van der Waals surface area contributed by atoms with Gasteiger partial charge in [-0.05, 0) is 26.2 Å². The molecule has 6 N–H and O–H groups in total. The van der Waals surface area contributed by atoms with Gasteiger partial charge in [0, 0.05) is 6.42 Å². The van der Waals surface area contributed by atoms with E-state index in [9.17, 15) is 24.8 Å². The first-order valence-electron chi connectivity index (χ1n) is 11.2. The van der Waals surface area contributed by atoms with E-state index in [1.54, 1.807) is 27.7 Å². The average Bonchev–Trinajstić information content (AvgIpc) is 3.33. The highest BCUT2D eigenvalue weighted by molar-refractivity contribution is 7.54. The Morgan fingerprint density at radius 1 is 1.21 bits per heavy atom. The first-order valence-corrected chi connectivity index (χ1v) is 12.7. The molecular weight excluding hydrogens is 469 g/mol. The predicted molar refractivity (Wildman–Crippen MR) is 122 cm³/mol. The molecule has 1 saturated heterocycles. The Labute approximate surface area is 197 Å². The maximum atomic E-state index is 13.0. The van der Waals surface area contributed by atoms with Gasteiger partial charge in [0.15, 0.2) is 22.7 Å². The maximum Gasteiger partial charge on any atom is 0.359 e. The van der Waals surface area contributed by atoms with Crippen molar-refractivity contribution in [2.45, 2.75) is 88.9 Å². The topological polar surface area (TPSA) is 195 Å². The molecule has 34 heavy (non-hydrogen) atoms. The molecule has 0 amide bonds. The van der Waals surface area contributed by atoms with Crippen LogP contribution in [0.2, 0.25) is 0 Å². The van der Waals surface area contributed by atoms with E-state index in [-0.39, 0.29) is 43.2 Å². The van der Waals surface area contributed by atoms with Crippen molar-refractivity contribution in [3.63, 3.8) is 0 Å². The molecule has 0 aromatic carbocycles. The molecule has 0 saturated carbocycles. The van der Waals surface area contributed by atoms with Crippen molar-refractivity contribution in [3.8, 4) is 5.88 Å². The molecule has 1 aliphatic rings. The quantitative estimate of drug-likeness (QED) is 0.292. The van der Waals surface area contributed by atoms with E-state index in [0.29, 0.717) is 5.52 Å². The Hall–Kier alpha value is -1.86. The zero-order valence-electron chi connectivity index (χ0n) is 20.0. The molecule has 0 spiro atoms. The first kappa shape index (κ1) is 26.7. The number of rotatable bonds is 10. The number of aliphatic hydroxyl groups is 3. The summed E-state index contributed by atoms with van der Waals surface area (Å²) in [6, 6.07) is 0. The summed E-state index contributed by atoms with van der Waals surface area (Å²) < 4.78 is 31.2. The molecule has 0 aliphatic carbocycles. The molecule has 1 aliphatic heterocycles. The van der Waals surface area contributed by atoms with Crippen molar-refractivity contribution in [2.24, 2.45) is 0 Å². The number of aliphatic hydroxyl groups excluding tert-OH is 2. The number of nitrogens with zero attached hydrogens (tertiary/aromatic N) is 4. The summed E-state index contributed by atoms with van der Waals surface area (Å²) in [6.45, 7) is 6.55. The van der Waals surface area contributed by atoms with Gasteiger partial charge in [0.1, 0.15) is 12.2 Å². The molecule has 14 heteroatoms. The van der Waals surface area contributed by atoms with Crippen LogP contribution in [0, 0.1) is 0 Å². The highest BCUT2D eigenvalue weighted by Crippen LogP contribution is 2.60. The van der Waals surface area contributed by atoms with Gasteiger partial charge >= 0.3 is 7.60 Å². The van der Waals surface area contributed by atoms with Crippen LogP contribution < -0.4 is 10.5 Å². The summed E-state index contributed by atoms with van der Waals surface area (Å²) in [4.78, 5) is 22.9. The summed E-state index contributed by atoms with van der Waals surface area (Å²) in [5.74, 6) is 0.0801. The van der Waals surface area contributed by atoms with Crippen molar-refractivity contribution >= 4 is 24.7 Å². The van der Waals surface area contributed by atoms with Crippen LogP contribution in [0.15, 0.2) is 6.33 Å². The Bertz CT molecular complexity index is 1060. The van der Waals surface area contributed by atoms with Crippen LogP contribution in [0.5, 0.6) is 5.88 Å². The monoisotopic (exact) mass is 503 g/mol. The molecule has 2 aromatic heterocycles. The van der Waals surface area contributed by atoms with E-state index in [0.717, 1.165) is 0 Å². The minimum Gasteiger partial charge on any atom is -0.479 e. The number of nitrogen functional groups attached to an aromatic ring is 1. The summed E-state index contributed by atoms with van der Waals surface area (Å²) in [5.41, 5.74) is 5.05. The maximum absolute atomic E-state index is 13.0. The lowest BCUT2D eigenvalue weighted by Crippen LogP contribution is -2.40. The highest BCUT2D eigenvalue weighted by atomic mass is 31.2. The fourth-order valence-electron chi connectivity index (χ4n) is 4.07. The van der Waals surface area contributed by atoms with Crippen LogP contribution >= 0.6 is 7.60 Å². The zero-order chi connectivity index (χ0) is 25.5. The van der Waals surface area contributed by atoms with Gasteiger partial charge in [-0.25, -0.2) is 4.98 Å². The van der Waals surface area contributed by atoms with Gasteiger partial charge in [-0.15, -0.1) is 0 Å². The van der Waals surface area contributed by atoms with E-state index in [1.807, 2.05) is 0 Å². The lowest BCUT2D eigenvalue weighted by atomic mass is 9.93. The van der Waals surface area contributed by atoms with Crippen LogP contribution in [-0.4, -0.2) is 76.1 Å². The van der Waals surface area contributed by atoms with Gasteiger partial charge in [-0.2, -0.15) is 9.97 Å². The van der Waals surface area contributed by atoms with Gasteiger partial charge in [0.05, 0.1) is 25.1 Å². The molecule has 13 nitrogen and oxygen atoms in total. The fourth-order valence-corrected chi connectivity index (χ4v) is 5.84. The SMILES string of the molecule is CCC(C)(CC1O[C@@H](n2cnc3c(OC)nc(N)nc32)[C@H](O)[C@@H]1O)OP(=O)(O)C(O)(CC)CC. The van der Waals surface area contributed by atoms with Crippen LogP contribution in [0.4, 0.5) is 5.95 Å². The third kappa shape index (κ3) is 4.66. The second kappa shape index (κ2) is 9.65. The lowest BCUT2D eigenvalue weighted by molar-refractivity contribution is -0.0696. The number of anilines is 1. The molecular formula is C20H34N5O8P. The van der Waals surface area contributed by atoms with Crippen LogP contribution in [0.25, 0.3) is 11.2 Å². The van der Waals surface area contributed by atoms with Gasteiger partial charge in [-0.1, -0.05) is 20.8 Å². The summed E-state index contributed by atoms with van der Waals surface area (Å²) in [7, 11) is -3.05. The molecule has 1 fully saturated rings. The van der Waals surface area contributed by atoms with Gasteiger partial charge < -0.3 is 39.9 Å². The number of methoxy groups -OCH3 is 1. The molecule has 3 heterocycles. The number of ether oxygens (including phenoxy) is 2. The number of fused-ring (bicyclic) bond motifs is 1. The van der Waals surface area contributed by atoms with E-state index in [1.165, 1.54) is 18.0 Å². The van der Waals surface area contributed by atoms with Crippen molar-refractivity contribution in [1.82, 2.24) is 19.5 Å². The summed E-state index contributed by atoms with van der Waals surface area (Å²) in [5, 5.41) is 30.2. The summed E-state index contributed by atoms with van der Waals surface area (Å²) >= 11 is 0. The largest absolute Gasteiger partial charge is 0.479 e. The molecule has 0 bridgehead atoms. The van der Waals surface area contributed by atoms with Crippen LogP contribution in [-0.2, 0) is 13.8 Å². The van der Waals surface area contributed by atoms with E-state index in [2.05, 4.69) is 15.0 Å². The first-order chi connectivity index (χ1) is 15.8. The molecule has 3 unspecified atom stereocenters. The molecule has 0 radical (unpaired) electrons. The van der Waals surface area contributed by atoms with Crippen molar-refractivity contribution < 1.29 is 38.8 Å². The van der Waals surface area contributed by atoms with Crippen molar-refractivity contribution in [1.29, 1.82) is 0 Å². The zero-order valence-corrected chi connectivity index (χ0v) is 20.8. The van der Waals surface area contributed by atoms with E-state index in [4.69, 9.17) is 19.7 Å². The Balaban J connectivity index is 1.87. The van der Waals surface area contributed by atoms with Gasteiger partial charge in [0.2, 0.25) is 11.8 Å². The van der Waals surface area contributed by atoms with Crippen molar-refractivity contribution in [3.05, 3.63) is 6.33 Å². The van der Waals surface area contributed by atoms with Gasteiger partial charge in [0.25, 0.3) is 0 Å². The normalized spacial score (nSPS) is 27.0. The highest BCUT2D eigenvalue weighted by Gasteiger charge is 2.51. The van der Waals surface area contributed by atoms with Crippen molar-refractivity contribution in [2.75, 3.05) is 12.8 Å². The molecule has 2 aromatic rings. The standard InChI is InChI=1S/C20H34N5O8P/c1-6-19(4,33-34(29,30)20(28,7-2)8-3)9-11-13(26)14(27)17(32-11)25-10-22-12-15(25)23-18(21)24-16(12)31-5/h10-11,13-14,17,26-28H,6-9H2,1-5H3,(H,29,30)(H2,21,23,24)/t11?,13-,14-,17-,19?/m1/s1. The third-order valence-electron chi connectivity index (χ3n) is 6.59. The second-order valence-corrected chi connectivity index (χ2v) is 10.8. The number of imidazole rings is 1. The number of aromatic nitrogens is 4. The predicted octanol–water partition coefficient (Wildman–Crippen LogP) is 1.31. The van der Waals surface area contributed by atoms with Crippen LogP contribution in [0.1, 0.15) is 59.6 Å². The lowest BCUT2D eigenvalue weighted by Gasteiger charge is -2.38. The average molecular weight is 503 g/mol. The Kier molecular flexibility index (Phi) is 7.59. The van der Waals surface area contributed by atoms with Gasteiger partial charge in [-0.3, -0.25) is 9.13 Å². The smallest absolute Gasteiger partial charge is 0.359 e. The minimum absolute atomic E-state index is 0.0284. The van der Waals surface area contributed by atoms with E-state index < -0.39 is 43.1 Å². The fraction of sp³-hybridized carbons (Fsp3) is 0.750. The molecule has 192 valence electrons. The minimum atomic E-state index is -4.46. The van der Waals surface area contributed by atoms with Crippen LogP contribution in [0.3, 0.4) is 0 Å². The molecule has 3 rings (SSSR count).